The van der Waals surface area contributed by atoms with E-state index in [4.69, 9.17) is 5.41 Å². The Kier molecular flexibility index (Phi) is 3.99. The smallest absolute Gasteiger partial charge is 0.283 e. The molecule has 3 aliphatic rings. The van der Waals surface area contributed by atoms with Crippen molar-refractivity contribution in [2.75, 3.05) is 0 Å². The molecule has 0 bridgehead atoms. The maximum atomic E-state index is 12.6. The van der Waals surface area contributed by atoms with Gasteiger partial charge in [0, 0.05) is 29.1 Å². The van der Waals surface area contributed by atoms with Crippen LogP contribution >= 0.6 is 11.8 Å². The van der Waals surface area contributed by atoms with Crippen LogP contribution in [0.2, 0.25) is 0 Å². The number of hydrogen-bond acceptors (Lipinski definition) is 5. The number of amides is 1. The molecule has 29 heavy (non-hydrogen) atoms. The van der Waals surface area contributed by atoms with Crippen molar-refractivity contribution in [3.05, 3.63) is 52.9 Å². The van der Waals surface area contributed by atoms with Crippen molar-refractivity contribution in [3.8, 4) is 11.4 Å². The maximum absolute atomic E-state index is 12.6. The molecule has 3 heterocycles. The fourth-order valence-electron chi connectivity index (χ4n) is 3.62. The number of nitrogens with zero attached hydrogens (tertiary/aromatic N) is 4. The predicted octanol–water partition coefficient (Wildman–Crippen LogP) is 3.83. The first-order valence-corrected chi connectivity index (χ1v) is 10.2. The first-order valence-electron chi connectivity index (χ1n) is 9.41. The van der Waals surface area contributed by atoms with Crippen LogP contribution < -0.4 is 0 Å². The number of benzene rings is 1. The van der Waals surface area contributed by atoms with E-state index in [0.717, 1.165) is 40.5 Å². The first kappa shape index (κ1) is 17.9. The largest absolute Gasteiger partial charge is 0.508 e. The van der Waals surface area contributed by atoms with Crippen LogP contribution in [0.4, 0.5) is 0 Å². The van der Waals surface area contributed by atoms with Gasteiger partial charge in [-0.15, -0.1) is 0 Å². The van der Waals surface area contributed by atoms with Crippen LogP contribution in [0.25, 0.3) is 11.8 Å². The van der Waals surface area contributed by atoms with Crippen molar-refractivity contribution in [2.45, 2.75) is 26.7 Å². The molecule has 0 unspecified atom stereocenters. The van der Waals surface area contributed by atoms with E-state index in [1.807, 2.05) is 30.5 Å². The number of carbonyl (C=O) groups is 1. The number of hydrogen-bond donors (Lipinski definition) is 2. The molecule has 2 N–H and O–H groups in total. The number of hydrazone groups is 1. The number of phenolic OH excluding ortho intramolecular Hbond substituents is 1. The Hall–Kier alpha value is -3.13. The average molecular weight is 405 g/mol. The number of rotatable bonds is 3. The molecule has 1 fully saturated rings. The molecule has 1 aromatic carbocycles. The highest BCUT2D eigenvalue weighted by Gasteiger charge is 2.40. The summed E-state index contributed by atoms with van der Waals surface area (Å²) in [5.74, 6) is 0.287. The molecule has 8 heteroatoms. The van der Waals surface area contributed by atoms with Crippen LogP contribution in [0, 0.1) is 25.2 Å². The lowest BCUT2D eigenvalue weighted by atomic mass is 10.1. The summed E-state index contributed by atoms with van der Waals surface area (Å²) in [6, 6.07) is 8.98. The minimum atomic E-state index is -0.414. The third kappa shape index (κ3) is 3.00. The number of fused-ring (bicyclic) bond motifs is 1. The molecule has 2 aliphatic heterocycles. The Morgan fingerprint density at radius 1 is 1.28 bits per heavy atom. The number of thioether (sulfide) groups is 1. The number of carbonyl (C=O) groups excluding carboxylic acids is 1. The molecule has 0 saturated heterocycles. The second-order valence-electron chi connectivity index (χ2n) is 7.41. The second-order valence-corrected chi connectivity index (χ2v) is 8.40. The van der Waals surface area contributed by atoms with Gasteiger partial charge >= 0.3 is 0 Å². The third-order valence-electron chi connectivity index (χ3n) is 5.25. The van der Waals surface area contributed by atoms with Gasteiger partial charge < -0.3 is 9.67 Å². The summed E-state index contributed by atoms with van der Waals surface area (Å²) in [7, 11) is 0. The van der Waals surface area contributed by atoms with Gasteiger partial charge in [-0.2, -0.15) is 15.1 Å². The van der Waals surface area contributed by atoms with Crippen molar-refractivity contribution in [2.24, 2.45) is 16.0 Å². The molecule has 1 aromatic heterocycles. The normalized spacial score (nSPS) is 20.2. The van der Waals surface area contributed by atoms with E-state index >= 15 is 0 Å². The van der Waals surface area contributed by atoms with Crippen molar-refractivity contribution in [1.82, 2.24) is 9.58 Å². The van der Waals surface area contributed by atoms with Crippen molar-refractivity contribution in [1.29, 1.82) is 5.41 Å². The van der Waals surface area contributed by atoms with E-state index in [1.54, 1.807) is 24.3 Å². The molecule has 146 valence electrons. The molecule has 2 aromatic rings. The lowest BCUT2D eigenvalue weighted by Gasteiger charge is -2.20. The third-order valence-corrected chi connectivity index (χ3v) is 6.33. The second kappa shape index (κ2) is 6.45. The zero-order valence-corrected chi connectivity index (χ0v) is 16.8. The van der Waals surface area contributed by atoms with Gasteiger partial charge in [-0.05, 0) is 68.3 Å². The lowest BCUT2D eigenvalue weighted by molar-refractivity contribution is -0.114. The molecule has 0 atom stereocenters. The van der Waals surface area contributed by atoms with Crippen LogP contribution in [-0.4, -0.2) is 36.6 Å². The summed E-state index contributed by atoms with van der Waals surface area (Å²) in [4.78, 5) is 16.8. The summed E-state index contributed by atoms with van der Waals surface area (Å²) < 4.78 is 2.01. The van der Waals surface area contributed by atoms with E-state index in [0.29, 0.717) is 11.1 Å². The topological polar surface area (TPSA) is 94.0 Å². The van der Waals surface area contributed by atoms with E-state index < -0.39 is 5.91 Å². The van der Waals surface area contributed by atoms with E-state index in [9.17, 15) is 9.90 Å². The van der Waals surface area contributed by atoms with E-state index in [-0.39, 0.29) is 17.2 Å². The molecular formula is C21H19N5O2S. The average Bonchev–Trinajstić information content (AvgIpc) is 3.37. The number of aromatic hydroxyl groups is 1. The molecule has 7 nitrogen and oxygen atoms in total. The summed E-state index contributed by atoms with van der Waals surface area (Å²) in [5, 5.41) is 25.7. The van der Waals surface area contributed by atoms with Crippen LogP contribution in [0.1, 0.15) is 29.8 Å². The van der Waals surface area contributed by atoms with Gasteiger partial charge in [0.05, 0.1) is 5.57 Å². The van der Waals surface area contributed by atoms with Gasteiger partial charge in [0.2, 0.25) is 5.17 Å². The highest BCUT2D eigenvalue weighted by Crippen LogP contribution is 2.40. The Morgan fingerprint density at radius 3 is 2.79 bits per heavy atom. The fourth-order valence-corrected chi connectivity index (χ4v) is 4.68. The number of phenols is 1. The Bertz CT molecular complexity index is 1170. The van der Waals surface area contributed by atoms with Crippen LogP contribution in [0.5, 0.6) is 5.75 Å². The van der Waals surface area contributed by atoms with Gasteiger partial charge in [-0.25, -0.2) is 0 Å². The highest BCUT2D eigenvalue weighted by molar-refractivity contribution is 8.27. The minimum absolute atomic E-state index is 0.0605. The number of nitrogens with one attached hydrogen (secondary N) is 1. The highest BCUT2D eigenvalue weighted by atomic mass is 32.2. The Labute approximate surface area is 171 Å². The molecular weight excluding hydrogens is 386 g/mol. The zero-order chi connectivity index (χ0) is 20.3. The number of amidine groups is 2. The van der Waals surface area contributed by atoms with E-state index in [2.05, 4.69) is 10.1 Å². The summed E-state index contributed by atoms with van der Waals surface area (Å²) in [6.45, 7) is 3.91. The SMILES string of the molecule is Cc1cc(C=C2C(=N)N3N=C(C4CC4)SC3=NC2=O)c(C)n1-c1cccc(O)c1. The monoisotopic (exact) mass is 405 g/mol. The zero-order valence-electron chi connectivity index (χ0n) is 16.0. The van der Waals surface area contributed by atoms with Gasteiger partial charge in [-0.1, -0.05) is 6.07 Å². The van der Waals surface area contributed by atoms with Crippen molar-refractivity contribution < 1.29 is 9.90 Å². The molecule has 1 amide bonds. The molecule has 5 rings (SSSR count). The predicted molar refractivity (Wildman–Crippen MR) is 115 cm³/mol. The van der Waals surface area contributed by atoms with Gasteiger partial charge in [-0.3, -0.25) is 10.2 Å². The first-order chi connectivity index (χ1) is 13.9. The summed E-state index contributed by atoms with van der Waals surface area (Å²) in [6.07, 6.45) is 3.93. The molecule has 0 spiro atoms. The standard InChI is InChI=1S/C21H19N5O2S/c1-11-8-14(12(2)25(11)15-4-3-5-16(27)10-15)9-17-18(22)26-21(23-19(17)28)29-20(24-26)13-6-7-13/h3-5,8-10,13,22,27H,6-7H2,1-2H3. The summed E-state index contributed by atoms with van der Waals surface area (Å²) >= 11 is 1.40. The molecule has 1 saturated carbocycles. The van der Waals surface area contributed by atoms with Gasteiger partial charge in [0.15, 0.2) is 5.84 Å². The van der Waals surface area contributed by atoms with Crippen LogP contribution in [-0.2, 0) is 4.79 Å². The Balaban J connectivity index is 1.53. The lowest BCUT2D eigenvalue weighted by Crippen LogP contribution is -2.35. The van der Waals surface area contributed by atoms with Crippen LogP contribution in [0.3, 0.4) is 0 Å². The Morgan fingerprint density at radius 2 is 2.07 bits per heavy atom. The number of aromatic nitrogens is 1. The van der Waals surface area contributed by atoms with Gasteiger partial charge in [0.25, 0.3) is 5.91 Å². The van der Waals surface area contributed by atoms with E-state index in [1.165, 1.54) is 16.8 Å². The van der Waals surface area contributed by atoms with Crippen molar-refractivity contribution in [3.63, 3.8) is 0 Å². The van der Waals surface area contributed by atoms with Crippen molar-refractivity contribution >= 4 is 39.8 Å². The van der Waals surface area contributed by atoms with Crippen LogP contribution in [0.15, 0.2) is 46.0 Å². The maximum Gasteiger partial charge on any atom is 0.283 e. The fraction of sp³-hybridized carbons (Fsp3) is 0.238. The van der Waals surface area contributed by atoms with Gasteiger partial charge in [0.1, 0.15) is 10.8 Å². The quantitative estimate of drug-likeness (QED) is 0.759. The number of aryl methyl sites for hydroxylation is 1. The minimum Gasteiger partial charge on any atom is -0.508 e. The molecule has 1 aliphatic carbocycles. The molecule has 0 radical (unpaired) electrons. The summed E-state index contributed by atoms with van der Waals surface area (Å²) in [5.41, 5.74) is 3.77. The number of aliphatic imine (C=N–C) groups is 1.